The van der Waals surface area contributed by atoms with E-state index in [1.54, 1.807) is 0 Å². The quantitative estimate of drug-likeness (QED) is 0.581. The Morgan fingerprint density at radius 1 is 0.714 bits per heavy atom. The number of hydrogen-bond acceptors (Lipinski definition) is 2. The van der Waals surface area contributed by atoms with Crippen LogP contribution in [0.15, 0.2) is 48.5 Å². The number of benzene rings is 2. The predicted molar refractivity (Wildman–Crippen MR) is 86.3 cm³/mol. The molecule has 2 N–H and O–H groups in total. The van der Waals surface area contributed by atoms with Gasteiger partial charge in [-0.05, 0) is 24.3 Å². The van der Waals surface area contributed by atoms with E-state index in [-0.39, 0.29) is 0 Å². The van der Waals surface area contributed by atoms with Gasteiger partial charge in [-0.3, -0.25) is 0 Å². The number of nitrogens with one attached hydrogen (secondary N) is 2. The summed E-state index contributed by atoms with van der Waals surface area (Å²) in [5.41, 5.74) is 4.12. The van der Waals surface area contributed by atoms with Gasteiger partial charge in [-0.2, -0.15) is 0 Å². The van der Waals surface area contributed by atoms with Crippen molar-refractivity contribution in [1.82, 2.24) is 19.9 Å². The largest absolute Gasteiger partial charge is 0.342 e. The number of para-hydroxylation sites is 4. The third-order valence-corrected chi connectivity index (χ3v) is 3.21. The lowest BCUT2D eigenvalue weighted by Crippen LogP contribution is -1.92. The second-order valence-corrected chi connectivity index (χ2v) is 4.58. The fourth-order valence-electron chi connectivity index (χ4n) is 2.34. The molecule has 0 bridgehead atoms. The Kier molecular flexibility index (Phi) is 3.69. The maximum absolute atomic E-state index is 4.56. The maximum Gasteiger partial charge on any atom is 0.114 e. The van der Waals surface area contributed by atoms with Gasteiger partial charge < -0.3 is 9.97 Å². The number of H-pyrrole nitrogens is 2. The van der Waals surface area contributed by atoms with Gasteiger partial charge in [0.05, 0.1) is 28.5 Å². The van der Waals surface area contributed by atoms with Crippen molar-refractivity contribution in [3.63, 3.8) is 0 Å². The first kappa shape index (κ1) is 13.4. The van der Waals surface area contributed by atoms with E-state index in [1.807, 2.05) is 62.4 Å². The number of aromatic nitrogens is 4. The second kappa shape index (κ2) is 5.79. The van der Waals surface area contributed by atoms with E-state index < -0.39 is 0 Å². The van der Waals surface area contributed by atoms with Crippen LogP contribution in [-0.4, -0.2) is 19.9 Å². The Bertz CT molecular complexity index is 719. The minimum absolute atomic E-state index is 0.684. The zero-order valence-corrected chi connectivity index (χ0v) is 12.2. The van der Waals surface area contributed by atoms with Crippen molar-refractivity contribution in [1.29, 1.82) is 0 Å². The standard InChI is InChI=1S/C15H12N4.C2H6/c1-2-6-11-10(5-1)16-14(17-11)9-15-18-12-7-3-4-8-13(12)19-15;1-2/h1-8H,9H2,(H,16,17)(H,18,19);1-2H3. The molecular formula is C17H18N4. The summed E-state index contributed by atoms with van der Waals surface area (Å²) in [5, 5.41) is 0. The van der Waals surface area contributed by atoms with Gasteiger partial charge in [-0.1, -0.05) is 38.1 Å². The monoisotopic (exact) mass is 278 g/mol. The molecule has 106 valence electrons. The molecule has 0 radical (unpaired) electrons. The molecule has 4 nitrogen and oxygen atoms in total. The Hall–Kier alpha value is -2.62. The zero-order valence-electron chi connectivity index (χ0n) is 12.2. The topological polar surface area (TPSA) is 57.4 Å². The molecule has 4 rings (SSSR count). The van der Waals surface area contributed by atoms with Crippen molar-refractivity contribution in [2.75, 3.05) is 0 Å². The van der Waals surface area contributed by atoms with Gasteiger partial charge in [0.2, 0.25) is 0 Å². The summed E-state index contributed by atoms with van der Waals surface area (Å²) in [6.07, 6.45) is 0.684. The summed E-state index contributed by atoms with van der Waals surface area (Å²) in [4.78, 5) is 15.8. The van der Waals surface area contributed by atoms with E-state index in [9.17, 15) is 0 Å². The summed E-state index contributed by atoms with van der Waals surface area (Å²) in [6, 6.07) is 16.1. The van der Waals surface area contributed by atoms with Gasteiger partial charge in [0, 0.05) is 0 Å². The van der Waals surface area contributed by atoms with Gasteiger partial charge in [0.1, 0.15) is 11.6 Å². The smallest absolute Gasteiger partial charge is 0.114 e. The third-order valence-electron chi connectivity index (χ3n) is 3.21. The molecule has 2 heterocycles. The Labute approximate surface area is 123 Å². The van der Waals surface area contributed by atoms with Crippen LogP contribution in [-0.2, 0) is 6.42 Å². The predicted octanol–water partition coefficient (Wildman–Crippen LogP) is 4.06. The highest BCUT2D eigenvalue weighted by Gasteiger charge is 2.06. The second-order valence-electron chi connectivity index (χ2n) is 4.58. The van der Waals surface area contributed by atoms with E-state index in [0.717, 1.165) is 33.7 Å². The number of aromatic amines is 2. The lowest BCUT2D eigenvalue weighted by Gasteiger charge is -1.90. The van der Waals surface area contributed by atoms with Crippen LogP contribution >= 0.6 is 0 Å². The van der Waals surface area contributed by atoms with E-state index in [2.05, 4.69) is 19.9 Å². The van der Waals surface area contributed by atoms with Crippen LogP contribution < -0.4 is 0 Å². The Morgan fingerprint density at radius 3 is 1.57 bits per heavy atom. The van der Waals surface area contributed by atoms with Gasteiger partial charge in [0.25, 0.3) is 0 Å². The van der Waals surface area contributed by atoms with Crippen molar-refractivity contribution < 1.29 is 0 Å². The molecule has 2 aromatic carbocycles. The first-order chi connectivity index (χ1) is 10.4. The fraction of sp³-hybridized carbons (Fsp3) is 0.176. The van der Waals surface area contributed by atoms with E-state index in [4.69, 9.17) is 0 Å². The van der Waals surface area contributed by atoms with Crippen molar-refractivity contribution in [3.05, 3.63) is 60.2 Å². The lowest BCUT2D eigenvalue weighted by atomic mass is 10.3. The summed E-state index contributed by atoms with van der Waals surface area (Å²) in [5.74, 6) is 1.86. The number of imidazole rings is 2. The Morgan fingerprint density at radius 2 is 1.14 bits per heavy atom. The average Bonchev–Trinajstić information content (AvgIpc) is 3.11. The number of rotatable bonds is 2. The molecule has 0 aliphatic carbocycles. The molecule has 0 aliphatic rings. The molecule has 0 fully saturated rings. The molecular weight excluding hydrogens is 260 g/mol. The fourth-order valence-corrected chi connectivity index (χ4v) is 2.34. The molecule has 4 aromatic rings. The van der Waals surface area contributed by atoms with Gasteiger partial charge in [0.15, 0.2) is 0 Å². The highest BCUT2D eigenvalue weighted by atomic mass is 15.0. The third kappa shape index (κ3) is 2.65. The summed E-state index contributed by atoms with van der Waals surface area (Å²) < 4.78 is 0. The molecule has 0 aliphatic heterocycles. The van der Waals surface area contributed by atoms with Crippen LogP contribution in [0.3, 0.4) is 0 Å². The van der Waals surface area contributed by atoms with Crippen molar-refractivity contribution >= 4 is 22.1 Å². The minimum Gasteiger partial charge on any atom is -0.342 e. The number of hydrogen-bond donors (Lipinski definition) is 2. The normalized spacial score (nSPS) is 10.6. The van der Waals surface area contributed by atoms with Crippen LogP contribution in [0.5, 0.6) is 0 Å². The molecule has 0 saturated carbocycles. The highest BCUT2D eigenvalue weighted by molar-refractivity contribution is 5.76. The van der Waals surface area contributed by atoms with Crippen LogP contribution in [0.1, 0.15) is 25.5 Å². The molecule has 4 heteroatoms. The van der Waals surface area contributed by atoms with Crippen molar-refractivity contribution in [3.8, 4) is 0 Å². The van der Waals surface area contributed by atoms with Gasteiger partial charge in [-0.25, -0.2) is 9.97 Å². The van der Waals surface area contributed by atoms with Crippen molar-refractivity contribution in [2.45, 2.75) is 20.3 Å². The summed E-state index contributed by atoms with van der Waals surface area (Å²) >= 11 is 0. The zero-order chi connectivity index (χ0) is 14.7. The summed E-state index contributed by atoms with van der Waals surface area (Å²) in [7, 11) is 0. The molecule has 0 saturated heterocycles. The maximum atomic E-state index is 4.56. The van der Waals surface area contributed by atoms with Gasteiger partial charge >= 0.3 is 0 Å². The molecule has 0 spiro atoms. The number of fused-ring (bicyclic) bond motifs is 2. The molecule has 0 atom stereocenters. The van der Waals surface area contributed by atoms with Crippen LogP contribution in [0.2, 0.25) is 0 Å². The number of nitrogens with zero attached hydrogens (tertiary/aromatic N) is 2. The Balaban J connectivity index is 0.000000636. The van der Waals surface area contributed by atoms with E-state index in [1.165, 1.54) is 0 Å². The average molecular weight is 278 g/mol. The van der Waals surface area contributed by atoms with E-state index in [0.29, 0.717) is 6.42 Å². The first-order valence-corrected chi connectivity index (χ1v) is 7.26. The highest BCUT2D eigenvalue weighted by Crippen LogP contribution is 2.15. The molecule has 0 amide bonds. The van der Waals surface area contributed by atoms with Crippen LogP contribution in [0, 0.1) is 0 Å². The molecule has 2 aromatic heterocycles. The SMILES string of the molecule is CC.c1ccc2[nH]c(Cc3nc4ccccc4[nH]3)nc2c1. The van der Waals surface area contributed by atoms with Crippen molar-refractivity contribution in [2.24, 2.45) is 0 Å². The van der Waals surface area contributed by atoms with Gasteiger partial charge in [-0.15, -0.1) is 0 Å². The first-order valence-electron chi connectivity index (χ1n) is 7.26. The van der Waals surface area contributed by atoms with E-state index >= 15 is 0 Å². The lowest BCUT2D eigenvalue weighted by molar-refractivity contribution is 0.960. The van der Waals surface area contributed by atoms with Crippen LogP contribution in [0.25, 0.3) is 22.1 Å². The molecule has 21 heavy (non-hydrogen) atoms. The molecule has 0 unspecified atom stereocenters. The summed E-state index contributed by atoms with van der Waals surface area (Å²) in [6.45, 7) is 4.00. The minimum atomic E-state index is 0.684. The van der Waals surface area contributed by atoms with Crippen LogP contribution in [0.4, 0.5) is 0 Å².